The van der Waals surface area contributed by atoms with E-state index in [0.29, 0.717) is 6.54 Å². The summed E-state index contributed by atoms with van der Waals surface area (Å²) in [5.74, 6) is -1.48. The van der Waals surface area contributed by atoms with Crippen LogP contribution in [-0.2, 0) is 32.0 Å². The van der Waals surface area contributed by atoms with E-state index in [1.807, 2.05) is 38.1 Å². The molecular formula is C26H33N3O4. The van der Waals surface area contributed by atoms with Crippen LogP contribution in [0.25, 0.3) is 11.2 Å². The number of pyridine rings is 1. The minimum atomic E-state index is -0.991. The number of rotatable bonds is 9. The van der Waals surface area contributed by atoms with Gasteiger partial charge in [0.25, 0.3) is 0 Å². The molecule has 176 valence electrons. The zero-order valence-electron chi connectivity index (χ0n) is 20.3. The fourth-order valence-electron chi connectivity index (χ4n) is 4.15. The van der Waals surface area contributed by atoms with Gasteiger partial charge in [-0.2, -0.15) is 0 Å². The maximum absolute atomic E-state index is 12.5. The first-order chi connectivity index (χ1) is 15.8. The molecule has 33 heavy (non-hydrogen) atoms. The molecule has 0 aliphatic rings. The monoisotopic (exact) mass is 451 g/mol. The van der Waals surface area contributed by atoms with E-state index < -0.39 is 17.9 Å². The lowest BCUT2D eigenvalue weighted by Crippen LogP contribution is -2.32. The van der Waals surface area contributed by atoms with E-state index in [2.05, 4.69) is 24.5 Å². The SMILES string of the molecule is CCOC(=O)C(C(=O)OCC)C(C)c1ccc(Cn2c(CC)nc3c(C)cc(C)nc32)cc1. The summed E-state index contributed by atoms with van der Waals surface area (Å²) in [6.07, 6.45) is 0.810. The summed E-state index contributed by atoms with van der Waals surface area (Å²) in [5.41, 5.74) is 5.89. The van der Waals surface area contributed by atoms with E-state index in [4.69, 9.17) is 19.4 Å². The molecule has 0 N–H and O–H groups in total. The number of benzene rings is 1. The van der Waals surface area contributed by atoms with E-state index in [1.165, 1.54) is 0 Å². The Balaban J connectivity index is 1.88. The van der Waals surface area contributed by atoms with Crippen molar-refractivity contribution >= 4 is 23.1 Å². The standard InChI is InChI=1S/C26H33N3O4/c1-7-21-28-23-16(4)14-17(5)27-24(23)29(21)15-19-10-12-20(13-11-19)18(6)22(25(30)32-8-2)26(31)33-9-3/h10-14,18,22H,7-9,15H2,1-6H3. The maximum atomic E-state index is 12.5. The summed E-state index contributed by atoms with van der Waals surface area (Å²) < 4.78 is 12.4. The quantitative estimate of drug-likeness (QED) is 0.352. The topological polar surface area (TPSA) is 83.3 Å². The van der Waals surface area contributed by atoms with Gasteiger partial charge in [0.05, 0.1) is 19.8 Å². The highest BCUT2D eigenvalue weighted by atomic mass is 16.6. The molecule has 0 aliphatic carbocycles. The Labute approximate surface area is 195 Å². The largest absolute Gasteiger partial charge is 0.465 e. The fraction of sp³-hybridized carbons (Fsp3) is 0.462. The van der Waals surface area contributed by atoms with Crippen molar-refractivity contribution in [1.82, 2.24) is 14.5 Å². The molecule has 0 saturated carbocycles. The number of carbonyl (C=O) groups is 2. The molecule has 0 fully saturated rings. The summed E-state index contributed by atoms with van der Waals surface area (Å²) >= 11 is 0. The third kappa shape index (κ3) is 5.24. The van der Waals surface area contributed by atoms with Gasteiger partial charge >= 0.3 is 11.9 Å². The van der Waals surface area contributed by atoms with Gasteiger partial charge in [-0.05, 0) is 50.5 Å². The third-order valence-electron chi connectivity index (χ3n) is 5.84. The highest BCUT2D eigenvalue weighted by Crippen LogP contribution is 2.28. The number of hydrogen-bond donors (Lipinski definition) is 0. The van der Waals surface area contributed by atoms with Crippen LogP contribution >= 0.6 is 0 Å². The Morgan fingerprint density at radius 1 is 0.970 bits per heavy atom. The van der Waals surface area contributed by atoms with E-state index in [-0.39, 0.29) is 19.1 Å². The molecule has 3 rings (SSSR count). The normalized spacial score (nSPS) is 12.2. The highest BCUT2D eigenvalue weighted by Gasteiger charge is 2.35. The number of imidazole rings is 1. The van der Waals surface area contributed by atoms with Crippen molar-refractivity contribution in [1.29, 1.82) is 0 Å². The van der Waals surface area contributed by atoms with Crippen LogP contribution in [0, 0.1) is 19.8 Å². The Bertz CT molecular complexity index is 1120. The van der Waals surface area contributed by atoms with Gasteiger partial charge in [0.2, 0.25) is 0 Å². The molecule has 0 amide bonds. The van der Waals surface area contributed by atoms with Crippen LogP contribution in [0.1, 0.15) is 61.8 Å². The molecule has 1 aromatic carbocycles. The number of esters is 2. The van der Waals surface area contributed by atoms with Crippen molar-refractivity contribution in [2.75, 3.05) is 13.2 Å². The summed E-state index contributed by atoms with van der Waals surface area (Å²) in [4.78, 5) is 34.5. The van der Waals surface area contributed by atoms with E-state index >= 15 is 0 Å². The molecule has 0 radical (unpaired) electrons. The van der Waals surface area contributed by atoms with Gasteiger partial charge in [0.1, 0.15) is 11.3 Å². The smallest absolute Gasteiger partial charge is 0.320 e. The first-order valence-corrected chi connectivity index (χ1v) is 11.6. The van der Waals surface area contributed by atoms with E-state index in [0.717, 1.165) is 45.8 Å². The molecule has 3 aromatic rings. The number of nitrogens with zero attached hydrogens (tertiary/aromatic N) is 3. The molecule has 0 aliphatic heterocycles. The van der Waals surface area contributed by atoms with E-state index in [9.17, 15) is 9.59 Å². The van der Waals surface area contributed by atoms with Crippen LogP contribution in [0.4, 0.5) is 0 Å². The maximum Gasteiger partial charge on any atom is 0.320 e. The van der Waals surface area contributed by atoms with E-state index in [1.54, 1.807) is 13.8 Å². The van der Waals surface area contributed by atoms with Crippen LogP contribution in [0.2, 0.25) is 0 Å². The van der Waals surface area contributed by atoms with Crippen molar-refractivity contribution in [3.63, 3.8) is 0 Å². The van der Waals surface area contributed by atoms with Crippen LogP contribution in [-0.4, -0.2) is 39.7 Å². The minimum absolute atomic E-state index is 0.214. The minimum Gasteiger partial charge on any atom is -0.465 e. The number of carbonyl (C=O) groups excluding carboxylic acids is 2. The summed E-state index contributed by atoms with van der Waals surface area (Å²) in [6.45, 7) is 12.5. The summed E-state index contributed by atoms with van der Waals surface area (Å²) in [7, 11) is 0. The second kappa shape index (κ2) is 10.6. The zero-order valence-corrected chi connectivity index (χ0v) is 20.3. The highest BCUT2D eigenvalue weighted by molar-refractivity contribution is 5.96. The zero-order chi connectivity index (χ0) is 24.1. The molecule has 0 saturated heterocycles. The predicted molar refractivity (Wildman–Crippen MR) is 127 cm³/mol. The van der Waals surface area contributed by atoms with Crippen molar-refractivity contribution in [2.45, 2.75) is 60.4 Å². The van der Waals surface area contributed by atoms with Crippen molar-refractivity contribution < 1.29 is 19.1 Å². The van der Waals surface area contributed by atoms with Crippen LogP contribution in [0.5, 0.6) is 0 Å². The van der Waals surface area contributed by atoms with Gasteiger partial charge in [-0.3, -0.25) is 9.59 Å². The van der Waals surface area contributed by atoms with Gasteiger partial charge in [-0.1, -0.05) is 38.1 Å². The van der Waals surface area contributed by atoms with Crippen molar-refractivity contribution in [2.24, 2.45) is 5.92 Å². The number of hydrogen-bond acceptors (Lipinski definition) is 6. The molecule has 2 aromatic heterocycles. The average molecular weight is 452 g/mol. The number of aromatic nitrogens is 3. The van der Waals surface area contributed by atoms with Gasteiger partial charge in [0.15, 0.2) is 11.6 Å². The second-order valence-electron chi connectivity index (χ2n) is 8.23. The van der Waals surface area contributed by atoms with Crippen molar-refractivity contribution in [3.05, 3.63) is 58.5 Å². The van der Waals surface area contributed by atoms with Crippen LogP contribution in [0.3, 0.4) is 0 Å². The number of fused-ring (bicyclic) bond motifs is 1. The number of ether oxygens (including phenoxy) is 2. The molecule has 2 heterocycles. The lowest BCUT2D eigenvalue weighted by Gasteiger charge is -2.21. The molecule has 0 bridgehead atoms. The molecule has 7 heteroatoms. The summed E-state index contributed by atoms with van der Waals surface area (Å²) in [6, 6.07) is 10.0. The molecule has 7 nitrogen and oxygen atoms in total. The van der Waals surface area contributed by atoms with Gasteiger partial charge in [-0.15, -0.1) is 0 Å². The third-order valence-corrected chi connectivity index (χ3v) is 5.84. The first kappa shape index (κ1) is 24.4. The van der Waals surface area contributed by atoms with Crippen LogP contribution in [0.15, 0.2) is 30.3 Å². The number of aryl methyl sites for hydroxylation is 3. The van der Waals surface area contributed by atoms with Crippen LogP contribution < -0.4 is 0 Å². The lowest BCUT2D eigenvalue weighted by molar-refractivity contribution is -0.162. The van der Waals surface area contributed by atoms with Crippen molar-refractivity contribution in [3.8, 4) is 0 Å². The second-order valence-corrected chi connectivity index (χ2v) is 8.23. The Morgan fingerprint density at radius 3 is 2.12 bits per heavy atom. The molecule has 0 spiro atoms. The molecule has 1 unspecified atom stereocenters. The fourth-order valence-corrected chi connectivity index (χ4v) is 4.15. The Kier molecular flexibility index (Phi) is 7.84. The van der Waals surface area contributed by atoms with Gasteiger partial charge < -0.3 is 14.0 Å². The summed E-state index contributed by atoms with van der Waals surface area (Å²) in [5, 5.41) is 0. The molecule has 1 atom stereocenters. The van der Waals surface area contributed by atoms with Gasteiger partial charge in [0, 0.05) is 18.0 Å². The molecular weight excluding hydrogens is 418 g/mol. The van der Waals surface area contributed by atoms with Gasteiger partial charge in [-0.25, -0.2) is 9.97 Å². The predicted octanol–water partition coefficient (Wildman–Crippen LogP) is 4.50. The Morgan fingerprint density at radius 2 is 1.58 bits per heavy atom. The lowest BCUT2D eigenvalue weighted by atomic mass is 9.87. The Hall–Kier alpha value is -3.22. The average Bonchev–Trinajstić information content (AvgIpc) is 3.12. The first-order valence-electron chi connectivity index (χ1n) is 11.6.